The molecule has 0 aliphatic carbocycles. The monoisotopic (exact) mass is 225 g/mol. The van der Waals surface area contributed by atoms with E-state index in [1.165, 1.54) is 12.4 Å². The van der Waals surface area contributed by atoms with Crippen LogP contribution >= 0.6 is 12.4 Å². The van der Waals surface area contributed by atoms with Crippen LogP contribution in [0.1, 0.15) is 10.4 Å². The van der Waals surface area contributed by atoms with E-state index in [9.17, 15) is 4.79 Å². The van der Waals surface area contributed by atoms with Crippen molar-refractivity contribution in [3.8, 4) is 0 Å². The predicted molar refractivity (Wildman–Crippen MR) is 60.8 cm³/mol. The summed E-state index contributed by atoms with van der Waals surface area (Å²) in [5.74, 6) is -0.419. The van der Waals surface area contributed by atoms with Gasteiger partial charge in [0.2, 0.25) is 5.91 Å². The molecule has 0 aliphatic heterocycles. The highest BCUT2D eigenvalue weighted by Crippen LogP contribution is 1.91. The molecule has 5 heteroatoms. The summed E-state index contributed by atoms with van der Waals surface area (Å²) < 4.78 is 0. The Balaban J connectivity index is 0.000000280. The zero-order chi connectivity index (χ0) is 10.2. The van der Waals surface area contributed by atoms with E-state index in [4.69, 9.17) is 5.73 Å². The third kappa shape index (κ3) is 5.49. The molecule has 0 fully saturated rings. The highest BCUT2D eigenvalue weighted by molar-refractivity contribution is 5.92. The molecule has 2 aromatic rings. The van der Waals surface area contributed by atoms with Gasteiger partial charge in [0.15, 0.2) is 0 Å². The van der Waals surface area contributed by atoms with Crippen LogP contribution in [-0.4, -0.2) is 15.9 Å². The van der Waals surface area contributed by atoms with Gasteiger partial charge in [0.25, 0.3) is 0 Å². The average molecular weight is 226 g/mol. The van der Waals surface area contributed by atoms with Gasteiger partial charge in [-0.25, -0.2) is 0 Å². The largest absolute Gasteiger partial charge is 0.368 e. The first-order valence-corrected chi connectivity index (χ1v) is 4.08. The van der Waals surface area contributed by atoms with Gasteiger partial charge < -0.3 is 10.7 Å². The lowest BCUT2D eigenvalue weighted by molar-refractivity contribution is 0.1000. The number of halogens is 1. The normalized spacial score (nSPS) is 8.00. The number of nitrogens with two attached hydrogens (primary N) is 1. The highest BCUT2D eigenvalue weighted by atomic mass is 35.5. The van der Waals surface area contributed by atoms with Crippen LogP contribution in [0.3, 0.4) is 0 Å². The van der Waals surface area contributed by atoms with Crippen molar-refractivity contribution < 1.29 is 4.79 Å². The number of nitrogens with one attached hydrogen (secondary N) is 1. The Morgan fingerprint density at radius 1 is 1.20 bits per heavy atom. The van der Waals surface area contributed by atoms with Crippen LogP contribution in [0.25, 0.3) is 0 Å². The van der Waals surface area contributed by atoms with Crippen LogP contribution in [0.15, 0.2) is 49.1 Å². The van der Waals surface area contributed by atoms with Gasteiger partial charge in [-0.1, -0.05) is 0 Å². The SMILES string of the molecule is Cl.NC(=O)c1ccncc1.c1cc[nH]c1. The van der Waals surface area contributed by atoms with Crippen LogP contribution in [0.2, 0.25) is 0 Å². The molecule has 0 aliphatic rings. The number of rotatable bonds is 1. The van der Waals surface area contributed by atoms with Crippen molar-refractivity contribution in [1.29, 1.82) is 0 Å². The fourth-order valence-electron chi connectivity index (χ4n) is 0.794. The second-order valence-corrected chi connectivity index (χ2v) is 2.49. The third-order valence-electron chi connectivity index (χ3n) is 1.46. The molecule has 2 rings (SSSR count). The molecular formula is C10H12ClN3O. The summed E-state index contributed by atoms with van der Waals surface area (Å²) in [6, 6.07) is 7.03. The van der Waals surface area contributed by atoms with Gasteiger partial charge in [-0.05, 0) is 24.3 Å². The van der Waals surface area contributed by atoms with Crippen molar-refractivity contribution in [1.82, 2.24) is 9.97 Å². The fraction of sp³-hybridized carbons (Fsp3) is 0. The Morgan fingerprint density at radius 2 is 1.73 bits per heavy atom. The van der Waals surface area contributed by atoms with E-state index in [2.05, 4.69) is 9.97 Å². The zero-order valence-electron chi connectivity index (χ0n) is 7.96. The summed E-state index contributed by atoms with van der Waals surface area (Å²) in [5.41, 5.74) is 5.44. The van der Waals surface area contributed by atoms with Crippen molar-refractivity contribution in [3.63, 3.8) is 0 Å². The molecule has 0 saturated carbocycles. The Labute approximate surface area is 93.9 Å². The molecule has 80 valence electrons. The van der Waals surface area contributed by atoms with Crippen LogP contribution in [0.4, 0.5) is 0 Å². The zero-order valence-corrected chi connectivity index (χ0v) is 8.78. The molecule has 1 amide bonds. The van der Waals surface area contributed by atoms with Gasteiger partial charge in [-0.15, -0.1) is 12.4 Å². The molecule has 2 heterocycles. The second-order valence-electron chi connectivity index (χ2n) is 2.49. The lowest BCUT2D eigenvalue weighted by atomic mass is 10.3. The van der Waals surface area contributed by atoms with Gasteiger partial charge in [0, 0.05) is 30.4 Å². The van der Waals surface area contributed by atoms with Gasteiger partial charge >= 0.3 is 0 Å². The van der Waals surface area contributed by atoms with Crippen LogP contribution in [-0.2, 0) is 0 Å². The lowest BCUT2D eigenvalue weighted by Crippen LogP contribution is -2.10. The molecule has 0 aromatic carbocycles. The van der Waals surface area contributed by atoms with Gasteiger partial charge in [-0.2, -0.15) is 0 Å². The van der Waals surface area contributed by atoms with Gasteiger partial charge in [-0.3, -0.25) is 9.78 Å². The predicted octanol–water partition coefficient (Wildman–Crippen LogP) is 1.62. The molecule has 2 aromatic heterocycles. The lowest BCUT2D eigenvalue weighted by Gasteiger charge is -1.88. The maximum Gasteiger partial charge on any atom is 0.248 e. The number of aromatic amines is 1. The smallest absolute Gasteiger partial charge is 0.248 e. The minimum absolute atomic E-state index is 0. The van der Waals surface area contributed by atoms with Gasteiger partial charge in [0.1, 0.15) is 0 Å². The number of hydrogen-bond donors (Lipinski definition) is 2. The molecule has 0 bridgehead atoms. The Hall–Kier alpha value is -1.81. The van der Waals surface area contributed by atoms with Gasteiger partial charge in [0.05, 0.1) is 0 Å². The first kappa shape index (κ1) is 13.2. The van der Waals surface area contributed by atoms with E-state index in [0.29, 0.717) is 5.56 Å². The van der Waals surface area contributed by atoms with E-state index in [-0.39, 0.29) is 12.4 Å². The molecule has 3 N–H and O–H groups in total. The number of nitrogens with zero attached hydrogens (tertiary/aromatic N) is 1. The second kappa shape index (κ2) is 7.58. The molecular weight excluding hydrogens is 214 g/mol. The molecule has 0 unspecified atom stereocenters. The number of pyridine rings is 1. The Bertz CT molecular complexity index is 344. The maximum absolute atomic E-state index is 10.4. The van der Waals surface area contributed by atoms with Crippen molar-refractivity contribution in [2.75, 3.05) is 0 Å². The van der Waals surface area contributed by atoms with Crippen LogP contribution in [0.5, 0.6) is 0 Å². The van der Waals surface area contributed by atoms with Crippen molar-refractivity contribution in [3.05, 3.63) is 54.6 Å². The molecule has 15 heavy (non-hydrogen) atoms. The quantitative estimate of drug-likeness (QED) is 0.774. The topological polar surface area (TPSA) is 71.8 Å². The first-order chi connectivity index (χ1) is 6.80. The van der Waals surface area contributed by atoms with Crippen molar-refractivity contribution in [2.24, 2.45) is 5.73 Å². The summed E-state index contributed by atoms with van der Waals surface area (Å²) >= 11 is 0. The van der Waals surface area contributed by atoms with Crippen molar-refractivity contribution >= 4 is 18.3 Å². The average Bonchev–Trinajstić information content (AvgIpc) is 2.77. The summed E-state index contributed by atoms with van der Waals surface area (Å²) in [6.07, 6.45) is 6.81. The number of hydrogen-bond acceptors (Lipinski definition) is 2. The van der Waals surface area contributed by atoms with Crippen LogP contribution in [0, 0.1) is 0 Å². The third-order valence-corrected chi connectivity index (χ3v) is 1.46. The van der Waals surface area contributed by atoms with Crippen LogP contribution < -0.4 is 5.73 Å². The maximum atomic E-state index is 10.4. The number of carbonyl (C=O) groups excluding carboxylic acids is 1. The molecule has 0 radical (unpaired) electrons. The highest BCUT2D eigenvalue weighted by Gasteiger charge is 1.94. The summed E-state index contributed by atoms with van der Waals surface area (Å²) in [7, 11) is 0. The molecule has 0 spiro atoms. The summed E-state index contributed by atoms with van der Waals surface area (Å²) in [5, 5.41) is 0. The first-order valence-electron chi connectivity index (χ1n) is 4.08. The van der Waals surface area contributed by atoms with Crippen molar-refractivity contribution in [2.45, 2.75) is 0 Å². The Kier molecular flexibility index (Phi) is 6.67. The number of carbonyl (C=O) groups is 1. The summed E-state index contributed by atoms with van der Waals surface area (Å²) in [6.45, 7) is 0. The number of H-pyrrole nitrogens is 1. The van der Waals surface area contributed by atoms with E-state index < -0.39 is 5.91 Å². The van der Waals surface area contributed by atoms with E-state index in [0.717, 1.165) is 0 Å². The van der Waals surface area contributed by atoms with E-state index in [1.54, 1.807) is 12.1 Å². The minimum atomic E-state index is -0.419. The number of amides is 1. The standard InChI is InChI=1S/C6H6N2O.C4H5N.ClH/c7-6(9)5-1-3-8-4-2-5;1-2-4-5-3-1;/h1-4H,(H2,7,9);1-5H;1H. The van der Waals surface area contributed by atoms with E-state index >= 15 is 0 Å². The fourth-order valence-corrected chi connectivity index (χ4v) is 0.794. The molecule has 4 nitrogen and oxygen atoms in total. The molecule has 0 atom stereocenters. The minimum Gasteiger partial charge on any atom is -0.368 e. The van der Waals surface area contributed by atoms with E-state index in [1.807, 2.05) is 24.5 Å². The number of primary amides is 1. The summed E-state index contributed by atoms with van der Waals surface area (Å²) in [4.78, 5) is 17.0. The Morgan fingerprint density at radius 3 is 2.00 bits per heavy atom. The molecule has 0 saturated heterocycles. The number of aromatic nitrogens is 2.